The van der Waals surface area contributed by atoms with Gasteiger partial charge in [-0.2, -0.15) is 5.10 Å². The number of thiazole rings is 1. The predicted octanol–water partition coefficient (Wildman–Crippen LogP) is 4.63. The number of methoxy groups -OCH3 is 1. The van der Waals surface area contributed by atoms with Gasteiger partial charge < -0.3 is 9.47 Å². The maximum atomic E-state index is 11.3. The van der Waals surface area contributed by atoms with Crippen molar-refractivity contribution in [1.82, 2.24) is 4.98 Å². The van der Waals surface area contributed by atoms with Crippen molar-refractivity contribution in [2.24, 2.45) is 5.10 Å². The molecule has 8 nitrogen and oxygen atoms in total. The van der Waals surface area contributed by atoms with Gasteiger partial charge >= 0.3 is 5.69 Å². The summed E-state index contributed by atoms with van der Waals surface area (Å²) in [4.78, 5) is 16.4. The van der Waals surface area contributed by atoms with Crippen molar-refractivity contribution in [1.29, 1.82) is 0 Å². The molecule has 0 saturated carbocycles. The van der Waals surface area contributed by atoms with Crippen molar-refractivity contribution < 1.29 is 14.4 Å². The molecule has 0 radical (unpaired) electrons. The van der Waals surface area contributed by atoms with E-state index in [-0.39, 0.29) is 17.2 Å². The van der Waals surface area contributed by atoms with E-state index in [2.05, 4.69) is 15.5 Å². The Hall–Kier alpha value is -2.98. The topological polar surface area (TPSA) is 98.9 Å². The Morgan fingerprint density at radius 2 is 2.26 bits per heavy atom. The van der Waals surface area contributed by atoms with Crippen LogP contribution in [0, 0.1) is 10.1 Å². The van der Waals surface area contributed by atoms with Gasteiger partial charge in [0.25, 0.3) is 0 Å². The summed E-state index contributed by atoms with van der Waals surface area (Å²) < 4.78 is 10.6. The molecule has 0 aliphatic rings. The molecule has 0 fully saturated rings. The van der Waals surface area contributed by atoms with Crippen molar-refractivity contribution in [3.05, 3.63) is 50.7 Å². The van der Waals surface area contributed by atoms with Gasteiger partial charge in [-0.25, -0.2) is 4.98 Å². The summed E-state index contributed by atoms with van der Waals surface area (Å²) in [6.07, 6.45) is 1.47. The van der Waals surface area contributed by atoms with Crippen LogP contribution in [0.15, 0.2) is 40.1 Å². The van der Waals surface area contributed by atoms with Gasteiger partial charge in [-0.1, -0.05) is 6.07 Å². The number of hydrogen-bond acceptors (Lipinski definition) is 9. The molecule has 1 aromatic carbocycles. The lowest BCUT2D eigenvalue weighted by atomic mass is 10.2. The van der Waals surface area contributed by atoms with Crippen LogP contribution in [-0.4, -0.2) is 29.8 Å². The molecule has 3 aromatic rings. The highest BCUT2D eigenvalue weighted by Gasteiger charge is 2.21. The molecule has 0 spiro atoms. The third-order valence-corrected chi connectivity index (χ3v) is 5.05. The number of nitro groups is 1. The summed E-state index contributed by atoms with van der Waals surface area (Å²) in [5.41, 5.74) is 4.05. The Morgan fingerprint density at radius 1 is 1.41 bits per heavy atom. The second-order valence-electron chi connectivity index (χ2n) is 5.15. The lowest BCUT2D eigenvalue weighted by Gasteiger charge is -2.10. The van der Waals surface area contributed by atoms with Crippen LogP contribution in [0.3, 0.4) is 0 Å². The number of rotatable bonds is 8. The van der Waals surface area contributed by atoms with E-state index in [9.17, 15) is 10.1 Å². The van der Waals surface area contributed by atoms with Crippen molar-refractivity contribution in [3.8, 4) is 22.1 Å². The van der Waals surface area contributed by atoms with E-state index in [0.717, 1.165) is 10.6 Å². The fraction of sp³-hybridized carbons (Fsp3) is 0.176. The summed E-state index contributed by atoms with van der Waals surface area (Å²) in [7, 11) is 1.43. The van der Waals surface area contributed by atoms with Gasteiger partial charge in [0.15, 0.2) is 5.75 Å². The van der Waals surface area contributed by atoms with E-state index in [1.54, 1.807) is 24.3 Å². The normalized spacial score (nSPS) is 10.9. The van der Waals surface area contributed by atoms with Crippen LogP contribution in [0.2, 0.25) is 0 Å². The largest absolute Gasteiger partial charge is 0.493 e. The molecule has 0 saturated heterocycles. The van der Waals surface area contributed by atoms with Gasteiger partial charge in [0.2, 0.25) is 10.9 Å². The number of thiophene rings is 1. The summed E-state index contributed by atoms with van der Waals surface area (Å²) in [5, 5.41) is 20.0. The maximum Gasteiger partial charge on any atom is 0.315 e. The van der Waals surface area contributed by atoms with Gasteiger partial charge in [-0.15, -0.1) is 22.7 Å². The highest BCUT2D eigenvalue weighted by molar-refractivity contribution is 7.15. The molecule has 27 heavy (non-hydrogen) atoms. The minimum absolute atomic E-state index is 0.107. The van der Waals surface area contributed by atoms with Crippen LogP contribution >= 0.6 is 22.7 Å². The quantitative estimate of drug-likeness (QED) is 0.334. The number of anilines is 1. The van der Waals surface area contributed by atoms with E-state index in [4.69, 9.17) is 9.47 Å². The fourth-order valence-corrected chi connectivity index (χ4v) is 3.70. The van der Waals surface area contributed by atoms with Crippen molar-refractivity contribution in [3.63, 3.8) is 0 Å². The number of benzene rings is 1. The zero-order valence-electron chi connectivity index (χ0n) is 14.5. The maximum absolute atomic E-state index is 11.3. The SMILES string of the molecule is CCOc1c(OC)cc(/C=N\Nc2nc(-c3cccs3)cs2)cc1[N+](=O)[O-]. The predicted molar refractivity (Wildman–Crippen MR) is 107 cm³/mol. The first-order valence-electron chi connectivity index (χ1n) is 7.90. The van der Waals surface area contributed by atoms with Gasteiger partial charge in [-0.3, -0.25) is 15.5 Å². The second kappa shape index (κ2) is 8.60. The van der Waals surface area contributed by atoms with Crippen molar-refractivity contribution in [2.45, 2.75) is 6.92 Å². The Bertz CT molecular complexity index is 954. The minimum Gasteiger partial charge on any atom is -0.493 e. The molecule has 3 rings (SSSR count). The molecular formula is C17H16N4O4S2. The summed E-state index contributed by atoms with van der Waals surface area (Å²) in [6.45, 7) is 2.05. The Balaban J connectivity index is 1.78. The van der Waals surface area contributed by atoms with E-state index in [1.165, 1.54) is 30.7 Å². The Morgan fingerprint density at radius 3 is 2.93 bits per heavy atom. The van der Waals surface area contributed by atoms with Crippen LogP contribution in [0.5, 0.6) is 11.5 Å². The lowest BCUT2D eigenvalue weighted by Crippen LogP contribution is -2.02. The van der Waals surface area contributed by atoms with Gasteiger partial charge in [0, 0.05) is 17.0 Å². The van der Waals surface area contributed by atoms with E-state index >= 15 is 0 Å². The average molecular weight is 404 g/mol. The van der Waals surface area contributed by atoms with E-state index in [0.29, 0.717) is 17.3 Å². The molecule has 0 aliphatic carbocycles. The molecule has 0 aliphatic heterocycles. The molecule has 10 heteroatoms. The van der Waals surface area contributed by atoms with E-state index < -0.39 is 4.92 Å². The lowest BCUT2D eigenvalue weighted by molar-refractivity contribution is -0.385. The van der Waals surface area contributed by atoms with Crippen LogP contribution in [0.1, 0.15) is 12.5 Å². The van der Waals surface area contributed by atoms with Gasteiger partial charge in [0.05, 0.1) is 35.4 Å². The number of nitro benzene ring substituents is 1. The number of nitrogens with zero attached hydrogens (tertiary/aromatic N) is 3. The standard InChI is InChI=1S/C17H16N4O4S2/c1-3-25-16-13(21(22)23)7-11(8-14(16)24-2)9-18-20-17-19-12(10-27-17)15-5-4-6-26-15/h4-10H,3H2,1-2H3,(H,19,20)/b18-9-. The summed E-state index contributed by atoms with van der Waals surface area (Å²) in [5.74, 6) is 0.386. The molecule has 2 heterocycles. The third kappa shape index (κ3) is 4.41. The molecule has 0 atom stereocenters. The van der Waals surface area contributed by atoms with Crippen molar-refractivity contribution >= 4 is 39.7 Å². The number of hydrogen-bond donors (Lipinski definition) is 1. The molecular weight excluding hydrogens is 388 g/mol. The van der Waals surface area contributed by atoms with Gasteiger partial charge in [-0.05, 0) is 24.4 Å². The Kier molecular flexibility index (Phi) is 5.99. The number of ether oxygens (including phenoxy) is 2. The van der Waals surface area contributed by atoms with Gasteiger partial charge in [0.1, 0.15) is 0 Å². The molecule has 0 bridgehead atoms. The fourth-order valence-electron chi connectivity index (χ4n) is 2.28. The zero-order valence-corrected chi connectivity index (χ0v) is 16.2. The highest BCUT2D eigenvalue weighted by Crippen LogP contribution is 2.38. The number of hydrazone groups is 1. The smallest absolute Gasteiger partial charge is 0.315 e. The average Bonchev–Trinajstić information content (AvgIpc) is 3.34. The highest BCUT2D eigenvalue weighted by atomic mass is 32.1. The Labute approximate surface area is 163 Å². The van der Waals surface area contributed by atoms with Crippen molar-refractivity contribution in [2.75, 3.05) is 19.1 Å². The zero-order chi connectivity index (χ0) is 19.2. The summed E-state index contributed by atoms with van der Waals surface area (Å²) in [6, 6.07) is 6.98. The molecule has 1 N–H and O–H groups in total. The first kappa shape index (κ1) is 18.8. The van der Waals surface area contributed by atoms with Crippen LogP contribution < -0.4 is 14.9 Å². The first-order chi connectivity index (χ1) is 13.1. The molecule has 0 unspecified atom stereocenters. The molecule has 0 amide bonds. The van der Waals surface area contributed by atoms with Crippen LogP contribution in [-0.2, 0) is 0 Å². The molecule has 140 valence electrons. The summed E-state index contributed by atoms with van der Waals surface area (Å²) >= 11 is 3.04. The van der Waals surface area contributed by atoms with Crippen LogP contribution in [0.25, 0.3) is 10.6 Å². The second-order valence-corrected chi connectivity index (χ2v) is 6.95. The number of aromatic nitrogens is 1. The third-order valence-electron chi connectivity index (χ3n) is 3.41. The number of nitrogens with one attached hydrogen (secondary N) is 1. The monoisotopic (exact) mass is 404 g/mol. The first-order valence-corrected chi connectivity index (χ1v) is 9.66. The van der Waals surface area contributed by atoms with E-state index in [1.807, 2.05) is 22.9 Å². The molecule has 2 aromatic heterocycles. The minimum atomic E-state index is -0.508. The van der Waals surface area contributed by atoms with Crippen LogP contribution in [0.4, 0.5) is 10.8 Å².